The lowest BCUT2D eigenvalue weighted by atomic mass is 10.1. The van der Waals surface area contributed by atoms with Crippen LogP contribution in [-0.2, 0) is 14.3 Å². The maximum Gasteiger partial charge on any atom is 0.503 e. The van der Waals surface area contributed by atoms with E-state index in [1.165, 1.54) is 12.3 Å². The molecule has 2 unspecified atom stereocenters. The number of esters is 1. The summed E-state index contributed by atoms with van der Waals surface area (Å²) in [4.78, 5) is 35.2. The van der Waals surface area contributed by atoms with Crippen LogP contribution in [0.2, 0.25) is 0 Å². The highest BCUT2D eigenvalue weighted by atomic mass is 16.6. The minimum Gasteiger partial charge on any atom is -0.459 e. The molecule has 1 aromatic rings. The molecule has 11 heteroatoms. The molecule has 1 aliphatic heterocycles. The van der Waals surface area contributed by atoms with Crippen molar-refractivity contribution in [2.75, 3.05) is 13.2 Å². The molecule has 1 aliphatic rings. The molecule has 0 aromatic carbocycles. The number of amides is 1. The molecule has 11 nitrogen and oxygen atoms in total. The summed E-state index contributed by atoms with van der Waals surface area (Å²) < 4.78 is 10.5. The van der Waals surface area contributed by atoms with Crippen molar-refractivity contribution in [1.82, 2.24) is 10.3 Å². The third-order valence-electron chi connectivity index (χ3n) is 4.07. The lowest BCUT2D eigenvalue weighted by Gasteiger charge is -2.09. The molecule has 0 bridgehead atoms. The predicted molar refractivity (Wildman–Crippen MR) is 116 cm³/mol. The number of pyridine rings is 1. The lowest BCUT2D eigenvalue weighted by Crippen LogP contribution is -2.33. The van der Waals surface area contributed by atoms with Crippen molar-refractivity contribution < 1.29 is 39.3 Å². The molecular weight excluding hydrogens is 422 g/mol. The number of amidine groups is 1. The summed E-state index contributed by atoms with van der Waals surface area (Å²) in [5.41, 5.74) is 0.482. The van der Waals surface area contributed by atoms with Crippen LogP contribution < -0.4 is 5.32 Å². The highest BCUT2D eigenvalue weighted by Gasteiger charge is 2.18. The highest BCUT2D eigenvalue weighted by Crippen LogP contribution is 2.12. The van der Waals surface area contributed by atoms with Crippen LogP contribution in [0.25, 0.3) is 0 Å². The minimum atomic E-state index is -1.83. The summed E-state index contributed by atoms with van der Waals surface area (Å²) in [6.45, 7) is 6.64. The van der Waals surface area contributed by atoms with Crippen LogP contribution in [0.4, 0.5) is 4.79 Å². The van der Waals surface area contributed by atoms with Gasteiger partial charge in [0.25, 0.3) is 0 Å². The molecule has 1 fully saturated rings. The van der Waals surface area contributed by atoms with Crippen LogP contribution in [0.3, 0.4) is 0 Å². The summed E-state index contributed by atoms with van der Waals surface area (Å²) in [5.74, 6) is -0.359. The summed E-state index contributed by atoms with van der Waals surface area (Å²) in [5, 5.41) is 27.9. The van der Waals surface area contributed by atoms with Gasteiger partial charge in [-0.2, -0.15) is 0 Å². The summed E-state index contributed by atoms with van der Waals surface area (Å²) in [6.07, 6.45) is 7.36. The number of allylic oxidation sites excluding steroid dienone is 1. The van der Waals surface area contributed by atoms with Crippen LogP contribution in [0.15, 0.2) is 41.8 Å². The molecular formula is C21H31N3O8. The number of nitrogens with one attached hydrogen (secondary N) is 1. The largest absolute Gasteiger partial charge is 0.503 e. The van der Waals surface area contributed by atoms with E-state index >= 15 is 0 Å². The van der Waals surface area contributed by atoms with E-state index in [4.69, 9.17) is 29.7 Å². The number of carbonyl (C=O) groups is 3. The number of ether oxygens (including phenoxy) is 2. The maximum atomic E-state index is 11.5. The maximum absolute atomic E-state index is 11.5. The molecule has 0 saturated carbocycles. The molecule has 2 atom stereocenters. The molecule has 4 N–H and O–H groups in total. The minimum absolute atomic E-state index is 0.0676. The Labute approximate surface area is 186 Å². The Kier molecular flexibility index (Phi) is 15.4. The second-order valence-electron chi connectivity index (χ2n) is 6.54. The van der Waals surface area contributed by atoms with Crippen molar-refractivity contribution in [2.45, 2.75) is 46.1 Å². The van der Waals surface area contributed by atoms with Gasteiger partial charge in [-0.25, -0.2) is 9.59 Å². The first-order valence-electron chi connectivity index (χ1n) is 10.0. The zero-order valence-electron chi connectivity index (χ0n) is 18.4. The summed E-state index contributed by atoms with van der Waals surface area (Å²) in [7, 11) is 0. The van der Waals surface area contributed by atoms with E-state index in [1.807, 2.05) is 13.8 Å². The predicted octanol–water partition coefficient (Wildman–Crippen LogP) is 3.15. The van der Waals surface area contributed by atoms with E-state index in [-0.39, 0.29) is 29.7 Å². The van der Waals surface area contributed by atoms with Crippen LogP contribution in [0.1, 0.15) is 50.4 Å². The molecule has 1 aromatic heterocycles. The fourth-order valence-corrected chi connectivity index (χ4v) is 2.20. The molecule has 0 spiro atoms. The number of aromatic nitrogens is 1. The van der Waals surface area contributed by atoms with Crippen LogP contribution >= 0.6 is 0 Å². The Morgan fingerprint density at radius 3 is 2.56 bits per heavy atom. The number of nitrogens with zero attached hydrogens (tertiary/aromatic N) is 2. The SMILES string of the molecule is C/C=C\C(=N/O)NC(=O)C(C)CC.O=C(O)O.O=C(OCC1CCCO1)c1cccnc1. The van der Waals surface area contributed by atoms with Crippen molar-refractivity contribution in [3.05, 3.63) is 42.2 Å². The van der Waals surface area contributed by atoms with Gasteiger partial charge in [0.05, 0.1) is 11.7 Å². The smallest absolute Gasteiger partial charge is 0.459 e. The molecule has 178 valence electrons. The fraction of sp³-hybridized carbons (Fsp3) is 0.476. The first-order chi connectivity index (χ1) is 15.2. The Bertz CT molecular complexity index is 743. The van der Waals surface area contributed by atoms with Gasteiger partial charge in [-0.1, -0.05) is 25.1 Å². The first kappa shape index (κ1) is 28.5. The Balaban J connectivity index is 0.000000521. The number of carbonyl (C=O) groups excluding carboxylic acids is 2. The van der Waals surface area contributed by atoms with E-state index in [0.29, 0.717) is 12.2 Å². The molecule has 32 heavy (non-hydrogen) atoms. The molecule has 1 amide bonds. The second kappa shape index (κ2) is 17.2. The van der Waals surface area contributed by atoms with Gasteiger partial charge >= 0.3 is 12.1 Å². The number of hydrogen-bond donors (Lipinski definition) is 4. The lowest BCUT2D eigenvalue weighted by molar-refractivity contribution is -0.123. The third-order valence-corrected chi connectivity index (χ3v) is 4.07. The summed E-state index contributed by atoms with van der Waals surface area (Å²) in [6, 6.07) is 3.40. The second-order valence-corrected chi connectivity index (χ2v) is 6.54. The number of rotatable bonds is 6. The standard InChI is InChI=1S/C11H13NO3.C9H16N2O2.CH2O3/c13-11(9-3-1-5-12-7-9)15-8-10-4-2-6-14-10;1-4-6-8(11-13)10-9(12)7(3)5-2;2-1(3)4/h1,3,5,7,10H,2,4,6,8H2;4,6-7,13H,5H2,1-3H3,(H,10,11,12);(H2,2,3,4)/b;6-4-;. The highest BCUT2D eigenvalue weighted by molar-refractivity contribution is 6.04. The van der Waals surface area contributed by atoms with E-state index in [1.54, 1.807) is 31.3 Å². The van der Waals surface area contributed by atoms with E-state index < -0.39 is 6.16 Å². The zero-order chi connectivity index (χ0) is 24.4. The Morgan fingerprint density at radius 1 is 1.41 bits per heavy atom. The van der Waals surface area contributed by atoms with Crippen molar-refractivity contribution in [2.24, 2.45) is 11.1 Å². The molecule has 1 saturated heterocycles. The average molecular weight is 453 g/mol. The number of carboxylic acid groups (broad SMARTS) is 2. The topological polar surface area (TPSA) is 168 Å². The Morgan fingerprint density at radius 2 is 2.09 bits per heavy atom. The zero-order valence-corrected chi connectivity index (χ0v) is 18.4. The molecule has 0 aliphatic carbocycles. The third kappa shape index (κ3) is 13.7. The average Bonchev–Trinajstić information content (AvgIpc) is 3.31. The van der Waals surface area contributed by atoms with Crippen molar-refractivity contribution in [1.29, 1.82) is 0 Å². The van der Waals surface area contributed by atoms with Crippen LogP contribution in [0, 0.1) is 5.92 Å². The normalized spacial score (nSPS) is 16.1. The fourth-order valence-electron chi connectivity index (χ4n) is 2.20. The van der Waals surface area contributed by atoms with Crippen molar-refractivity contribution in [3.8, 4) is 0 Å². The van der Waals surface area contributed by atoms with Gasteiger partial charge in [0, 0.05) is 24.9 Å². The number of hydrogen-bond acceptors (Lipinski definition) is 8. The first-order valence-corrected chi connectivity index (χ1v) is 10.0. The summed E-state index contributed by atoms with van der Waals surface area (Å²) >= 11 is 0. The Hall–Kier alpha value is -3.47. The van der Waals surface area contributed by atoms with Gasteiger partial charge in [-0.05, 0) is 44.4 Å². The van der Waals surface area contributed by atoms with Crippen LogP contribution in [0.5, 0.6) is 0 Å². The van der Waals surface area contributed by atoms with Gasteiger partial charge < -0.3 is 30.2 Å². The quantitative estimate of drug-likeness (QED) is 0.166. The van der Waals surface area contributed by atoms with E-state index in [0.717, 1.165) is 25.9 Å². The van der Waals surface area contributed by atoms with E-state index in [9.17, 15) is 9.59 Å². The van der Waals surface area contributed by atoms with Crippen molar-refractivity contribution >= 4 is 23.9 Å². The van der Waals surface area contributed by atoms with Gasteiger partial charge in [0.2, 0.25) is 5.91 Å². The van der Waals surface area contributed by atoms with Crippen molar-refractivity contribution in [3.63, 3.8) is 0 Å². The molecule has 2 rings (SSSR count). The number of oxime groups is 1. The monoisotopic (exact) mass is 453 g/mol. The van der Waals surface area contributed by atoms with Gasteiger partial charge in [0.15, 0.2) is 5.84 Å². The molecule has 0 radical (unpaired) electrons. The van der Waals surface area contributed by atoms with Gasteiger partial charge in [-0.15, -0.1) is 0 Å². The van der Waals surface area contributed by atoms with Gasteiger partial charge in [-0.3, -0.25) is 9.78 Å². The van der Waals surface area contributed by atoms with Crippen LogP contribution in [-0.4, -0.2) is 63.6 Å². The van der Waals surface area contributed by atoms with Gasteiger partial charge in [0.1, 0.15) is 6.61 Å². The molecule has 2 heterocycles. The van der Waals surface area contributed by atoms with E-state index in [2.05, 4.69) is 15.5 Å².